The molecule has 7 heteroatoms. The minimum atomic E-state index is -1.30. The Hall–Kier alpha value is -1.47. The van der Waals surface area contributed by atoms with Crippen LogP contribution in [0.3, 0.4) is 0 Å². The molecule has 1 rings (SSSR count). The molecule has 1 amide bonds. The van der Waals surface area contributed by atoms with Crippen LogP contribution in [-0.2, 0) is 20.7 Å². The van der Waals surface area contributed by atoms with Crippen molar-refractivity contribution in [2.75, 3.05) is 13.7 Å². The van der Waals surface area contributed by atoms with Gasteiger partial charge in [0.25, 0.3) is 0 Å². The molecule has 0 spiro atoms. The van der Waals surface area contributed by atoms with E-state index in [0.29, 0.717) is 12.8 Å². The number of rotatable bonds is 7. The van der Waals surface area contributed by atoms with Gasteiger partial charge in [-0.15, -0.1) is 11.3 Å². The van der Waals surface area contributed by atoms with Crippen LogP contribution < -0.4 is 5.32 Å². The SMILES string of the molecule is COC(=O)CC(C)(O)CNC(=O)CCc1cscn1. The van der Waals surface area contributed by atoms with E-state index in [9.17, 15) is 14.7 Å². The molecule has 6 nitrogen and oxygen atoms in total. The molecule has 0 saturated heterocycles. The largest absolute Gasteiger partial charge is 0.469 e. The normalized spacial score (nSPS) is 13.6. The first-order valence-corrected chi connectivity index (χ1v) is 6.80. The zero-order valence-electron chi connectivity index (χ0n) is 11.0. The van der Waals surface area contributed by atoms with Gasteiger partial charge in [0, 0.05) is 18.3 Å². The van der Waals surface area contributed by atoms with Crippen molar-refractivity contribution in [3.8, 4) is 0 Å². The number of hydrogen-bond donors (Lipinski definition) is 2. The second-order valence-corrected chi connectivity index (χ2v) is 5.23. The quantitative estimate of drug-likeness (QED) is 0.713. The molecule has 1 aromatic rings. The third-order valence-corrected chi connectivity index (χ3v) is 3.15. The van der Waals surface area contributed by atoms with Crippen LogP contribution in [-0.4, -0.2) is 41.2 Å². The molecule has 0 aliphatic carbocycles. The van der Waals surface area contributed by atoms with Crippen LogP contribution >= 0.6 is 11.3 Å². The van der Waals surface area contributed by atoms with Crippen molar-refractivity contribution in [1.29, 1.82) is 0 Å². The van der Waals surface area contributed by atoms with E-state index in [-0.39, 0.29) is 18.9 Å². The van der Waals surface area contributed by atoms with Gasteiger partial charge in [-0.2, -0.15) is 0 Å². The van der Waals surface area contributed by atoms with E-state index in [1.807, 2.05) is 5.38 Å². The Morgan fingerprint density at radius 1 is 1.58 bits per heavy atom. The standard InChI is InChI=1S/C12H18N2O4S/c1-12(17,5-11(16)18-2)7-13-10(15)4-3-9-6-19-8-14-9/h6,8,17H,3-5,7H2,1-2H3,(H,13,15). The molecule has 1 aromatic heterocycles. The van der Waals surface area contributed by atoms with E-state index in [0.717, 1.165) is 5.69 Å². The summed E-state index contributed by atoms with van der Waals surface area (Å²) in [5.41, 5.74) is 1.29. The first-order chi connectivity index (χ1) is 8.93. The highest BCUT2D eigenvalue weighted by molar-refractivity contribution is 7.07. The fraction of sp³-hybridized carbons (Fsp3) is 0.583. The molecule has 1 atom stereocenters. The summed E-state index contributed by atoms with van der Waals surface area (Å²) >= 11 is 1.48. The third-order valence-electron chi connectivity index (χ3n) is 2.51. The highest BCUT2D eigenvalue weighted by atomic mass is 32.1. The van der Waals surface area contributed by atoms with Gasteiger partial charge in [-0.25, -0.2) is 4.98 Å². The number of carbonyl (C=O) groups is 2. The van der Waals surface area contributed by atoms with Crippen LogP contribution in [0.1, 0.15) is 25.5 Å². The molecule has 0 radical (unpaired) electrons. The Bertz CT molecular complexity index is 417. The third kappa shape index (κ3) is 6.30. The lowest BCUT2D eigenvalue weighted by molar-refractivity contribution is -0.145. The molecule has 0 saturated carbocycles. The fourth-order valence-corrected chi connectivity index (χ4v) is 2.02. The number of amides is 1. The maximum absolute atomic E-state index is 11.6. The van der Waals surface area contributed by atoms with Crippen LogP contribution in [0.5, 0.6) is 0 Å². The van der Waals surface area contributed by atoms with Gasteiger partial charge >= 0.3 is 5.97 Å². The van der Waals surface area contributed by atoms with Crippen molar-refractivity contribution in [1.82, 2.24) is 10.3 Å². The zero-order chi connectivity index (χ0) is 14.3. The molecule has 0 aromatic carbocycles. The molecule has 0 aliphatic rings. The van der Waals surface area contributed by atoms with Crippen molar-refractivity contribution in [2.24, 2.45) is 0 Å². The average molecular weight is 286 g/mol. The molecule has 0 aliphatic heterocycles. The van der Waals surface area contributed by atoms with Gasteiger partial charge in [-0.1, -0.05) is 0 Å². The zero-order valence-corrected chi connectivity index (χ0v) is 11.8. The molecule has 0 bridgehead atoms. The predicted octanol–water partition coefficient (Wildman–Crippen LogP) is 0.506. The van der Waals surface area contributed by atoms with E-state index < -0.39 is 11.6 Å². The Labute approximate surface area is 115 Å². The van der Waals surface area contributed by atoms with Crippen LogP contribution in [0.2, 0.25) is 0 Å². The topological polar surface area (TPSA) is 88.5 Å². The number of aliphatic hydroxyl groups is 1. The summed E-state index contributed by atoms with van der Waals surface area (Å²) in [7, 11) is 1.25. The number of nitrogens with one attached hydrogen (secondary N) is 1. The minimum absolute atomic E-state index is 0.0119. The molecule has 1 heterocycles. The Morgan fingerprint density at radius 2 is 2.32 bits per heavy atom. The fourth-order valence-electron chi connectivity index (χ4n) is 1.43. The lowest BCUT2D eigenvalue weighted by atomic mass is 10.0. The number of thiazole rings is 1. The number of methoxy groups -OCH3 is 1. The molecular formula is C12H18N2O4S. The minimum Gasteiger partial charge on any atom is -0.469 e. The number of aryl methyl sites for hydroxylation is 1. The van der Waals surface area contributed by atoms with Crippen molar-refractivity contribution < 1.29 is 19.4 Å². The lowest BCUT2D eigenvalue weighted by Crippen LogP contribution is -2.42. The Morgan fingerprint density at radius 3 is 2.89 bits per heavy atom. The molecule has 19 heavy (non-hydrogen) atoms. The molecule has 0 fully saturated rings. The van der Waals surface area contributed by atoms with E-state index in [1.165, 1.54) is 25.4 Å². The van der Waals surface area contributed by atoms with Gasteiger partial charge in [0.1, 0.15) is 0 Å². The number of nitrogens with zero attached hydrogens (tertiary/aromatic N) is 1. The number of carbonyl (C=O) groups excluding carboxylic acids is 2. The first kappa shape index (κ1) is 15.6. The maximum atomic E-state index is 11.6. The summed E-state index contributed by atoms with van der Waals surface area (Å²) in [6.07, 6.45) is 0.711. The highest BCUT2D eigenvalue weighted by Crippen LogP contribution is 2.09. The number of ether oxygens (including phenoxy) is 1. The maximum Gasteiger partial charge on any atom is 0.308 e. The number of aromatic nitrogens is 1. The summed E-state index contributed by atoms with van der Waals surface area (Å²) < 4.78 is 4.47. The van der Waals surface area contributed by atoms with Gasteiger partial charge in [0.15, 0.2) is 0 Å². The number of hydrogen-bond acceptors (Lipinski definition) is 6. The molecule has 106 valence electrons. The van der Waals surface area contributed by atoms with Crippen LogP contribution in [0, 0.1) is 0 Å². The molecule has 1 unspecified atom stereocenters. The Balaban J connectivity index is 2.27. The summed E-state index contributed by atoms with van der Waals surface area (Å²) in [6.45, 7) is 1.49. The van der Waals surface area contributed by atoms with Crippen molar-refractivity contribution in [2.45, 2.75) is 31.8 Å². The van der Waals surface area contributed by atoms with Gasteiger partial charge in [0.2, 0.25) is 5.91 Å². The first-order valence-electron chi connectivity index (χ1n) is 5.86. The van der Waals surface area contributed by atoms with E-state index in [1.54, 1.807) is 5.51 Å². The Kier molecular flexibility index (Phi) is 5.91. The van der Waals surface area contributed by atoms with Gasteiger partial charge in [0.05, 0.1) is 30.3 Å². The predicted molar refractivity (Wildman–Crippen MR) is 70.7 cm³/mol. The summed E-state index contributed by atoms with van der Waals surface area (Å²) in [5.74, 6) is -0.695. The van der Waals surface area contributed by atoms with Crippen LogP contribution in [0.15, 0.2) is 10.9 Å². The second kappa shape index (κ2) is 7.20. The molecule has 2 N–H and O–H groups in total. The van der Waals surface area contributed by atoms with Gasteiger partial charge < -0.3 is 15.2 Å². The van der Waals surface area contributed by atoms with Crippen LogP contribution in [0.25, 0.3) is 0 Å². The summed E-state index contributed by atoms with van der Waals surface area (Å²) in [4.78, 5) is 26.7. The van der Waals surface area contributed by atoms with E-state index >= 15 is 0 Å². The van der Waals surface area contributed by atoms with E-state index in [2.05, 4.69) is 15.0 Å². The summed E-state index contributed by atoms with van der Waals surface area (Å²) in [5, 5.41) is 14.4. The smallest absolute Gasteiger partial charge is 0.308 e. The van der Waals surface area contributed by atoms with Gasteiger partial charge in [-0.05, 0) is 13.3 Å². The second-order valence-electron chi connectivity index (χ2n) is 4.51. The monoisotopic (exact) mass is 286 g/mol. The highest BCUT2D eigenvalue weighted by Gasteiger charge is 2.25. The van der Waals surface area contributed by atoms with Crippen molar-refractivity contribution >= 4 is 23.2 Å². The number of esters is 1. The van der Waals surface area contributed by atoms with E-state index in [4.69, 9.17) is 0 Å². The van der Waals surface area contributed by atoms with Crippen molar-refractivity contribution in [3.05, 3.63) is 16.6 Å². The average Bonchev–Trinajstić information content (AvgIpc) is 2.86. The van der Waals surface area contributed by atoms with Crippen LogP contribution in [0.4, 0.5) is 0 Å². The summed E-state index contributed by atoms with van der Waals surface area (Å²) in [6, 6.07) is 0. The molecular weight excluding hydrogens is 268 g/mol. The van der Waals surface area contributed by atoms with Crippen molar-refractivity contribution in [3.63, 3.8) is 0 Å². The lowest BCUT2D eigenvalue weighted by Gasteiger charge is -2.22. The van der Waals surface area contributed by atoms with Gasteiger partial charge in [-0.3, -0.25) is 9.59 Å².